The van der Waals surface area contributed by atoms with Gasteiger partial charge in [0.1, 0.15) is 5.15 Å². The molecule has 0 aliphatic rings. The van der Waals surface area contributed by atoms with Crippen LogP contribution in [0.25, 0.3) is 5.82 Å². The van der Waals surface area contributed by atoms with E-state index in [1.807, 2.05) is 0 Å². The smallest absolute Gasteiger partial charge is 0.388 e. The first-order valence-corrected chi connectivity index (χ1v) is 5.72. The maximum atomic E-state index is 12.9. The summed E-state index contributed by atoms with van der Waals surface area (Å²) >= 11 is 5.67. The Morgan fingerprint density at radius 1 is 1.25 bits per heavy atom. The van der Waals surface area contributed by atoms with Crippen molar-refractivity contribution >= 4 is 11.6 Å². The lowest BCUT2D eigenvalue weighted by Crippen LogP contribution is -2.08. The van der Waals surface area contributed by atoms with Crippen molar-refractivity contribution in [3.63, 3.8) is 0 Å². The number of aromatic nitrogens is 3. The second-order valence-corrected chi connectivity index (χ2v) is 4.15. The number of hydrogen-bond donors (Lipinski definition) is 0. The van der Waals surface area contributed by atoms with Gasteiger partial charge in [-0.25, -0.2) is 18.4 Å². The summed E-state index contributed by atoms with van der Waals surface area (Å²) in [5.74, 6) is -0.617. The van der Waals surface area contributed by atoms with E-state index >= 15 is 0 Å². The highest BCUT2D eigenvalue weighted by Gasteiger charge is 2.20. The van der Waals surface area contributed by atoms with Gasteiger partial charge in [0.15, 0.2) is 5.82 Å². The molecule has 0 spiro atoms. The van der Waals surface area contributed by atoms with E-state index in [9.17, 15) is 17.6 Å². The summed E-state index contributed by atoms with van der Waals surface area (Å²) in [5.41, 5.74) is -0.110. The predicted octanol–water partition coefficient (Wildman–Crippen LogP) is 3.77. The Morgan fingerprint density at radius 3 is 2.55 bits per heavy atom. The van der Waals surface area contributed by atoms with Gasteiger partial charge in [0.25, 0.3) is 6.43 Å². The van der Waals surface area contributed by atoms with Gasteiger partial charge in [-0.2, -0.15) is 8.78 Å². The van der Waals surface area contributed by atoms with E-state index in [0.717, 1.165) is 10.7 Å². The van der Waals surface area contributed by atoms with Crippen molar-refractivity contribution in [3.8, 4) is 11.7 Å². The molecule has 2 rings (SSSR count). The maximum Gasteiger partial charge on any atom is 0.388 e. The molecule has 20 heavy (non-hydrogen) atoms. The van der Waals surface area contributed by atoms with Crippen molar-refractivity contribution in [3.05, 3.63) is 34.6 Å². The number of pyridine rings is 1. The molecule has 0 radical (unpaired) electrons. The summed E-state index contributed by atoms with van der Waals surface area (Å²) in [5, 5.41) is 3.65. The fourth-order valence-corrected chi connectivity index (χ4v) is 1.73. The molecule has 0 saturated heterocycles. The third kappa shape index (κ3) is 3.01. The van der Waals surface area contributed by atoms with Gasteiger partial charge in [-0.05, 0) is 19.1 Å². The standard InChI is InChI=1S/C11H8ClF4N3O/c1-5-4-8(20-11(15)16)18-19(5)10-6(9(13)14)2-3-7(12)17-10/h2-4,9,11H,1H3. The number of aryl methyl sites for hydroxylation is 1. The largest absolute Gasteiger partial charge is 0.415 e. The van der Waals surface area contributed by atoms with Gasteiger partial charge in [-0.1, -0.05) is 11.6 Å². The molecule has 0 bridgehead atoms. The Balaban J connectivity index is 2.50. The third-order valence-electron chi connectivity index (χ3n) is 2.38. The summed E-state index contributed by atoms with van der Waals surface area (Å²) in [6.07, 6.45) is -2.81. The van der Waals surface area contributed by atoms with E-state index in [1.165, 1.54) is 19.1 Å². The zero-order valence-electron chi connectivity index (χ0n) is 10.0. The first-order valence-electron chi connectivity index (χ1n) is 5.35. The van der Waals surface area contributed by atoms with Crippen LogP contribution in [0.3, 0.4) is 0 Å². The van der Waals surface area contributed by atoms with Gasteiger partial charge >= 0.3 is 6.61 Å². The Morgan fingerprint density at radius 2 is 1.95 bits per heavy atom. The molecule has 4 nitrogen and oxygen atoms in total. The van der Waals surface area contributed by atoms with Crippen molar-refractivity contribution in [2.75, 3.05) is 0 Å². The zero-order chi connectivity index (χ0) is 14.9. The molecular formula is C11H8ClF4N3O. The van der Waals surface area contributed by atoms with Crippen LogP contribution in [0, 0.1) is 6.92 Å². The molecule has 0 unspecified atom stereocenters. The van der Waals surface area contributed by atoms with Crippen LogP contribution >= 0.6 is 11.6 Å². The number of rotatable bonds is 4. The lowest BCUT2D eigenvalue weighted by atomic mass is 10.2. The van der Waals surface area contributed by atoms with Gasteiger partial charge in [0.05, 0.1) is 5.56 Å². The van der Waals surface area contributed by atoms with Crippen LogP contribution in [0.5, 0.6) is 5.88 Å². The zero-order valence-corrected chi connectivity index (χ0v) is 10.8. The summed E-state index contributed by atoms with van der Waals surface area (Å²) in [6.45, 7) is -1.57. The predicted molar refractivity (Wildman–Crippen MR) is 62.7 cm³/mol. The van der Waals surface area contributed by atoms with Crippen LogP contribution in [0.1, 0.15) is 17.7 Å². The maximum absolute atomic E-state index is 12.9. The molecule has 9 heteroatoms. The average molecular weight is 310 g/mol. The van der Waals surface area contributed by atoms with Gasteiger partial charge in [0, 0.05) is 11.8 Å². The van der Waals surface area contributed by atoms with Gasteiger partial charge in [0.2, 0.25) is 5.88 Å². The van der Waals surface area contributed by atoms with Gasteiger partial charge in [-0.3, -0.25) is 0 Å². The first kappa shape index (κ1) is 14.6. The molecule has 0 aliphatic carbocycles. The van der Waals surface area contributed by atoms with E-state index in [2.05, 4.69) is 14.8 Å². The molecule has 2 heterocycles. The average Bonchev–Trinajstić information content (AvgIpc) is 2.68. The SMILES string of the molecule is Cc1cc(OC(F)F)nn1-c1nc(Cl)ccc1C(F)F. The molecule has 0 atom stereocenters. The Labute approximate surface area is 115 Å². The fourth-order valence-electron chi connectivity index (χ4n) is 1.59. The van der Waals surface area contributed by atoms with E-state index in [1.54, 1.807) is 0 Å². The highest BCUT2D eigenvalue weighted by atomic mass is 35.5. The summed E-state index contributed by atoms with van der Waals surface area (Å²) in [7, 11) is 0. The minimum Gasteiger partial charge on any atom is -0.415 e. The number of halogens is 5. The quantitative estimate of drug-likeness (QED) is 0.637. The second kappa shape index (κ2) is 5.66. The number of hydrogen-bond acceptors (Lipinski definition) is 3. The molecule has 2 aromatic heterocycles. The van der Waals surface area contributed by atoms with E-state index in [4.69, 9.17) is 11.6 Å². The van der Waals surface area contributed by atoms with Crippen molar-refractivity contribution < 1.29 is 22.3 Å². The second-order valence-electron chi connectivity index (χ2n) is 3.76. The lowest BCUT2D eigenvalue weighted by Gasteiger charge is -2.09. The van der Waals surface area contributed by atoms with Crippen molar-refractivity contribution in [1.29, 1.82) is 0 Å². The number of nitrogens with zero attached hydrogens (tertiary/aromatic N) is 3. The van der Waals surface area contributed by atoms with Crippen LogP contribution in [-0.4, -0.2) is 21.4 Å². The topological polar surface area (TPSA) is 39.9 Å². The molecular weight excluding hydrogens is 302 g/mol. The van der Waals surface area contributed by atoms with Gasteiger partial charge in [-0.15, -0.1) is 5.10 Å². The minimum absolute atomic E-state index is 0.0179. The Kier molecular flexibility index (Phi) is 4.12. The Bertz CT molecular complexity index is 618. The molecule has 0 fully saturated rings. The number of ether oxygens (including phenoxy) is 1. The van der Waals surface area contributed by atoms with Crippen molar-refractivity contribution in [2.45, 2.75) is 20.0 Å². The highest BCUT2D eigenvalue weighted by Crippen LogP contribution is 2.27. The first-order chi connectivity index (χ1) is 9.38. The summed E-state index contributed by atoms with van der Waals surface area (Å²) < 4.78 is 55.1. The number of alkyl halides is 4. The lowest BCUT2D eigenvalue weighted by molar-refractivity contribution is -0.0530. The molecule has 108 valence electrons. The summed E-state index contributed by atoms with van der Waals surface area (Å²) in [4.78, 5) is 3.76. The molecule has 0 aliphatic heterocycles. The highest BCUT2D eigenvalue weighted by molar-refractivity contribution is 6.29. The molecule has 0 saturated carbocycles. The van der Waals surface area contributed by atoms with Crippen LogP contribution < -0.4 is 4.74 Å². The monoisotopic (exact) mass is 309 g/mol. The van der Waals surface area contributed by atoms with E-state index in [-0.39, 0.29) is 16.9 Å². The van der Waals surface area contributed by atoms with Crippen LogP contribution in [-0.2, 0) is 0 Å². The summed E-state index contributed by atoms with van der Waals surface area (Å²) in [6, 6.07) is 3.50. The van der Waals surface area contributed by atoms with Crippen LogP contribution in [0.2, 0.25) is 5.15 Å². The van der Waals surface area contributed by atoms with Crippen LogP contribution in [0.4, 0.5) is 17.6 Å². The molecule has 2 aromatic rings. The molecule has 0 amide bonds. The fraction of sp³-hybridized carbons (Fsp3) is 0.273. The van der Waals surface area contributed by atoms with Crippen LogP contribution in [0.15, 0.2) is 18.2 Å². The normalized spacial score (nSPS) is 11.4. The van der Waals surface area contributed by atoms with E-state index in [0.29, 0.717) is 5.69 Å². The van der Waals surface area contributed by atoms with Crippen molar-refractivity contribution in [1.82, 2.24) is 14.8 Å². The Hall–Kier alpha value is -1.83. The molecule has 0 aromatic carbocycles. The molecule has 0 N–H and O–H groups in total. The van der Waals surface area contributed by atoms with Crippen molar-refractivity contribution in [2.24, 2.45) is 0 Å². The van der Waals surface area contributed by atoms with Gasteiger partial charge < -0.3 is 4.74 Å². The third-order valence-corrected chi connectivity index (χ3v) is 2.59. The van der Waals surface area contributed by atoms with E-state index < -0.39 is 18.6 Å². The minimum atomic E-state index is -3.06.